The average molecular weight is 269 g/mol. The highest BCUT2D eigenvalue weighted by Crippen LogP contribution is 2.48. The minimum atomic E-state index is 0.0939. The smallest absolute Gasteiger partial charge is 0.228 e. The van der Waals surface area contributed by atoms with E-state index in [2.05, 4.69) is 22.5 Å². The van der Waals surface area contributed by atoms with Gasteiger partial charge in [-0.25, -0.2) is 0 Å². The van der Waals surface area contributed by atoms with Crippen molar-refractivity contribution < 1.29 is 4.79 Å². The Morgan fingerprint density at radius 2 is 2.00 bits per heavy atom. The Labute approximate surface area is 118 Å². The van der Waals surface area contributed by atoms with E-state index in [1.54, 1.807) is 4.68 Å². The predicted molar refractivity (Wildman–Crippen MR) is 78.6 cm³/mol. The highest BCUT2D eigenvalue weighted by Gasteiger charge is 2.44. The SMILES string of the molecule is Cc1nn(C)c(C)c1NC(=O)C1CC1c1ccccc1. The molecule has 20 heavy (non-hydrogen) atoms. The number of aromatic nitrogens is 2. The second-order valence-electron chi connectivity index (χ2n) is 5.52. The number of anilines is 1. The quantitative estimate of drug-likeness (QED) is 0.931. The summed E-state index contributed by atoms with van der Waals surface area (Å²) in [6, 6.07) is 10.2. The zero-order valence-corrected chi connectivity index (χ0v) is 12.1. The van der Waals surface area contributed by atoms with Crippen LogP contribution in [-0.4, -0.2) is 15.7 Å². The molecule has 1 amide bonds. The molecule has 2 unspecified atom stereocenters. The van der Waals surface area contributed by atoms with Crippen molar-refractivity contribution in [3.05, 3.63) is 47.3 Å². The van der Waals surface area contributed by atoms with Gasteiger partial charge in [0.2, 0.25) is 5.91 Å². The van der Waals surface area contributed by atoms with Crippen LogP contribution >= 0.6 is 0 Å². The number of nitrogens with one attached hydrogen (secondary N) is 1. The molecule has 3 rings (SSSR count). The van der Waals surface area contributed by atoms with Gasteiger partial charge in [0.25, 0.3) is 0 Å². The van der Waals surface area contributed by atoms with E-state index in [1.165, 1.54) is 5.56 Å². The van der Waals surface area contributed by atoms with Crippen LogP contribution in [0.3, 0.4) is 0 Å². The first-order valence-electron chi connectivity index (χ1n) is 6.94. The number of aryl methyl sites for hydroxylation is 2. The van der Waals surface area contributed by atoms with Gasteiger partial charge in [-0.1, -0.05) is 30.3 Å². The van der Waals surface area contributed by atoms with E-state index in [1.807, 2.05) is 39.1 Å². The average Bonchev–Trinajstić information content (AvgIpc) is 3.20. The lowest BCUT2D eigenvalue weighted by Crippen LogP contribution is -2.15. The van der Waals surface area contributed by atoms with E-state index >= 15 is 0 Å². The molecule has 0 aliphatic heterocycles. The Morgan fingerprint density at radius 1 is 1.30 bits per heavy atom. The fourth-order valence-corrected chi connectivity index (χ4v) is 2.72. The number of nitrogens with zero attached hydrogens (tertiary/aromatic N) is 2. The third kappa shape index (κ3) is 2.22. The lowest BCUT2D eigenvalue weighted by atomic mass is 10.1. The molecule has 1 fully saturated rings. The van der Waals surface area contributed by atoms with Crippen molar-refractivity contribution in [2.75, 3.05) is 5.32 Å². The third-order valence-electron chi connectivity index (χ3n) is 4.11. The van der Waals surface area contributed by atoms with Gasteiger partial charge in [-0.3, -0.25) is 9.48 Å². The van der Waals surface area contributed by atoms with Crippen LogP contribution in [0.25, 0.3) is 0 Å². The van der Waals surface area contributed by atoms with Crippen LogP contribution in [-0.2, 0) is 11.8 Å². The van der Waals surface area contributed by atoms with Gasteiger partial charge in [-0.15, -0.1) is 0 Å². The molecule has 1 aromatic heterocycles. The van der Waals surface area contributed by atoms with Crippen LogP contribution in [0.5, 0.6) is 0 Å². The van der Waals surface area contributed by atoms with Gasteiger partial charge in [0.05, 0.1) is 17.1 Å². The van der Waals surface area contributed by atoms with Gasteiger partial charge in [-0.2, -0.15) is 5.10 Å². The molecule has 2 aromatic rings. The summed E-state index contributed by atoms with van der Waals surface area (Å²) in [6.07, 6.45) is 0.939. The monoisotopic (exact) mass is 269 g/mol. The van der Waals surface area contributed by atoms with Crippen molar-refractivity contribution in [3.63, 3.8) is 0 Å². The molecule has 4 nitrogen and oxygen atoms in total. The maximum atomic E-state index is 12.3. The van der Waals surface area contributed by atoms with Crippen LogP contribution in [0.1, 0.15) is 29.3 Å². The molecule has 1 aromatic carbocycles. The molecule has 0 radical (unpaired) electrons. The second-order valence-corrected chi connectivity index (χ2v) is 5.52. The Hall–Kier alpha value is -2.10. The standard InChI is InChI=1S/C16H19N3O/c1-10-15(11(2)19(3)18-10)17-16(20)14-9-13(14)12-7-5-4-6-8-12/h4-8,13-14H,9H2,1-3H3,(H,17,20). The Bertz CT molecular complexity index is 645. The molecule has 1 aliphatic rings. The largest absolute Gasteiger partial charge is 0.323 e. The predicted octanol–water partition coefficient (Wildman–Crippen LogP) is 2.78. The summed E-state index contributed by atoms with van der Waals surface area (Å²) in [5, 5.41) is 7.36. The third-order valence-corrected chi connectivity index (χ3v) is 4.11. The van der Waals surface area contributed by atoms with Crippen molar-refractivity contribution in [3.8, 4) is 0 Å². The highest BCUT2D eigenvalue weighted by molar-refractivity contribution is 5.96. The van der Waals surface area contributed by atoms with Crippen molar-refractivity contribution in [2.45, 2.75) is 26.2 Å². The molecule has 1 saturated carbocycles. The summed E-state index contributed by atoms with van der Waals surface area (Å²) < 4.78 is 1.80. The molecular weight excluding hydrogens is 250 g/mol. The number of rotatable bonds is 3. The molecule has 1 N–H and O–H groups in total. The molecule has 2 atom stereocenters. The normalized spacial score (nSPS) is 20.8. The van der Waals surface area contributed by atoms with Gasteiger partial charge in [0.1, 0.15) is 0 Å². The summed E-state index contributed by atoms with van der Waals surface area (Å²) in [6.45, 7) is 3.89. The highest BCUT2D eigenvalue weighted by atomic mass is 16.2. The minimum absolute atomic E-state index is 0.0939. The molecule has 1 aliphatic carbocycles. The maximum Gasteiger partial charge on any atom is 0.228 e. The summed E-state index contributed by atoms with van der Waals surface area (Å²) in [7, 11) is 1.89. The topological polar surface area (TPSA) is 46.9 Å². The van der Waals surface area contributed by atoms with E-state index in [0.29, 0.717) is 5.92 Å². The number of amides is 1. The summed E-state index contributed by atoms with van der Waals surface area (Å²) in [4.78, 5) is 12.3. The van der Waals surface area contributed by atoms with Gasteiger partial charge in [-0.05, 0) is 31.7 Å². The first-order chi connectivity index (χ1) is 9.58. The van der Waals surface area contributed by atoms with E-state index < -0.39 is 0 Å². The van der Waals surface area contributed by atoms with Crippen molar-refractivity contribution in [2.24, 2.45) is 13.0 Å². The maximum absolute atomic E-state index is 12.3. The van der Waals surface area contributed by atoms with Crippen LogP contribution in [0.2, 0.25) is 0 Å². The molecule has 0 saturated heterocycles. The Balaban J connectivity index is 1.70. The molecule has 4 heteroatoms. The minimum Gasteiger partial charge on any atom is -0.323 e. The Morgan fingerprint density at radius 3 is 2.60 bits per heavy atom. The van der Waals surface area contributed by atoms with Gasteiger partial charge < -0.3 is 5.32 Å². The van der Waals surface area contributed by atoms with Crippen LogP contribution in [0.4, 0.5) is 5.69 Å². The molecule has 0 spiro atoms. The fourth-order valence-electron chi connectivity index (χ4n) is 2.72. The molecule has 1 heterocycles. The van der Waals surface area contributed by atoms with Crippen molar-refractivity contribution in [1.29, 1.82) is 0 Å². The van der Waals surface area contributed by atoms with E-state index in [4.69, 9.17) is 0 Å². The first kappa shape index (κ1) is 12.9. The van der Waals surface area contributed by atoms with Gasteiger partial charge in [0.15, 0.2) is 0 Å². The van der Waals surface area contributed by atoms with Crippen LogP contribution in [0, 0.1) is 19.8 Å². The van der Waals surface area contributed by atoms with E-state index in [9.17, 15) is 4.79 Å². The summed E-state index contributed by atoms with van der Waals surface area (Å²) in [5.74, 6) is 0.572. The van der Waals surface area contributed by atoms with Crippen molar-refractivity contribution in [1.82, 2.24) is 9.78 Å². The van der Waals surface area contributed by atoms with E-state index in [0.717, 1.165) is 23.5 Å². The van der Waals surface area contributed by atoms with E-state index in [-0.39, 0.29) is 11.8 Å². The zero-order valence-electron chi connectivity index (χ0n) is 12.1. The lowest BCUT2D eigenvalue weighted by Gasteiger charge is -2.05. The number of benzene rings is 1. The summed E-state index contributed by atoms with van der Waals surface area (Å²) >= 11 is 0. The molecule has 0 bridgehead atoms. The first-order valence-corrected chi connectivity index (χ1v) is 6.94. The Kier molecular flexibility index (Phi) is 3.08. The second kappa shape index (κ2) is 4.78. The number of carbonyl (C=O) groups excluding carboxylic acids is 1. The number of carbonyl (C=O) groups is 1. The van der Waals surface area contributed by atoms with Crippen LogP contribution in [0.15, 0.2) is 30.3 Å². The molecular formula is C16H19N3O. The van der Waals surface area contributed by atoms with Crippen molar-refractivity contribution >= 4 is 11.6 Å². The van der Waals surface area contributed by atoms with Crippen LogP contribution < -0.4 is 5.32 Å². The van der Waals surface area contributed by atoms with Gasteiger partial charge in [0, 0.05) is 13.0 Å². The number of hydrogen-bond donors (Lipinski definition) is 1. The number of hydrogen-bond acceptors (Lipinski definition) is 2. The lowest BCUT2D eigenvalue weighted by molar-refractivity contribution is -0.117. The molecule has 104 valence electrons. The zero-order chi connectivity index (χ0) is 14.3. The van der Waals surface area contributed by atoms with Gasteiger partial charge >= 0.3 is 0 Å². The summed E-state index contributed by atoms with van der Waals surface area (Å²) in [5.41, 5.74) is 3.98. The fraction of sp³-hybridized carbons (Fsp3) is 0.375.